The van der Waals surface area contributed by atoms with E-state index in [1.165, 1.54) is 24.4 Å². The number of rotatable bonds is 4. The Morgan fingerprint density at radius 3 is 3.20 bits per heavy atom. The number of nitrogens with zero attached hydrogens (tertiary/aromatic N) is 2. The van der Waals surface area contributed by atoms with E-state index >= 15 is 0 Å². The van der Waals surface area contributed by atoms with Crippen molar-refractivity contribution in [1.82, 2.24) is 15.2 Å². The molecule has 2 rings (SSSR count). The third kappa shape index (κ3) is 3.41. The van der Waals surface area contributed by atoms with E-state index in [0.29, 0.717) is 6.04 Å². The second kappa shape index (κ2) is 6.43. The Bertz CT molecular complexity index is 266. The van der Waals surface area contributed by atoms with Crippen LogP contribution in [0.3, 0.4) is 0 Å². The van der Waals surface area contributed by atoms with Crippen LogP contribution in [-0.4, -0.2) is 36.1 Å². The molecule has 1 fully saturated rings. The normalized spacial score (nSPS) is 21.5. The number of hydrogen-bond donors (Lipinski definition) is 1. The summed E-state index contributed by atoms with van der Waals surface area (Å²) in [5.74, 6) is 0. The van der Waals surface area contributed by atoms with Crippen molar-refractivity contribution in [3.8, 4) is 0 Å². The summed E-state index contributed by atoms with van der Waals surface area (Å²) in [7, 11) is 2.03. The molecule has 0 aromatic carbocycles. The van der Waals surface area contributed by atoms with E-state index in [1.807, 2.05) is 13.2 Å². The molecule has 1 saturated heterocycles. The van der Waals surface area contributed by atoms with Crippen LogP contribution in [0.5, 0.6) is 0 Å². The lowest BCUT2D eigenvalue weighted by Crippen LogP contribution is -2.36. The molecule has 15 heavy (non-hydrogen) atoms. The highest BCUT2D eigenvalue weighted by Crippen LogP contribution is 2.20. The Labute approximate surface area is 101 Å². The smallest absolute Gasteiger partial charge is 0.107 e. The van der Waals surface area contributed by atoms with Gasteiger partial charge in [0.25, 0.3) is 0 Å². The van der Waals surface area contributed by atoms with Crippen LogP contribution >= 0.6 is 23.7 Å². The summed E-state index contributed by atoms with van der Waals surface area (Å²) in [5, 5.41) is 6.56. The summed E-state index contributed by atoms with van der Waals surface area (Å²) in [5.41, 5.74) is 0. The summed E-state index contributed by atoms with van der Waals surface area (Å²) >= 11 is 1.76. The molecule has 1 aliphatic heterocycles. The summed E-state index contributed by atoms with van der Waals surface area (Å²) in [6, 6.07) is 0.712. The standard InChI is InChI=1S/C10H17N3S.ClH/c1-11-7-9-3-2-5-13(9)8-10-12-4-6-14-10;/h4,6,9,11H,2-3,5,7-8H2,1H3;1H. The number of likely N-dealkylation sites (tertiary alicyclic amines) is 1. The fourth-order valence-electron chi connectivity index (χ4n) is 2.07. The zero-order valence-corrected chi connectivity index (χ0v) is 10.6. The highest BCUT2D eigenvalue weighted by Gasteiger charge is 2.23. The van der Waals surface area contributed by atoms with Crippen LogP contribution in [0.15, 0.2) is 11.6 Å². The number of likely N-dealkylation sites (N-methyl/N-ethyl adjacent to an activating group) is 1. The highest BCUT2D eigenvalue weighted by molar-refractivity contribution is 7.09. The van der Waals surface area contributed by atoms with E-state index in [4.69, 9.17) is 0 Å². The predicted molar refractivity (Wildman–Crippen MR) is 66.7 cm³/mol. The van der Waals surface area contributed by atoms with Gasteiger partial charge in [-0.3, -0.25) is 4.90 Å². The molecule has 1 aliphatic rings. The summed E-state index contributed by atoms with van der Waals surface area (Å²) in [4.78, 5) is 6.87. The average molecular weight is 248 g/mol. The minimum Gasteiger partial charge on any atom is -0.318 e. The lowest BCUT2D eigenvalue weighted by Gasteiger charge is -2.22. The maximum absolute atomic E-state index is 4.33. The summed E-state index contributed by atoms with van der Waals surface area (Å²) in [6.07, 6.45) is 4.55. The van der Waals surface area contributed by atoms with Crippen LogP contribution in [0, 0.1) is 0 Å². The predicted octanol–water partition coefficient (Wildman–Crippen LogP) is 1.75. The zero-order chi connectivity index (χ0) is 9.80. The molecule has 1 atom stereocenters. The molecular weight excluding hydrogens is 230 g/mol. The fourth-order valence-corrected chi connectivity index (χ4v) is 2.72. The lowest BCUT2D eigenvalue weighted by molar-refractivity contribution is 0.242. The summed E-state index contributed by atoms with van der Waals surface area (Å²) in [6.45, 7) is 3.36. The molecule has 0 aliphatic carbocycles. The third-order valence-corrected chi connectivity index (χ3v) is 3.53. The van der Waals surface area contributed by atoms with Gasteiger partial charge < -0.3 is 5.32 Å². The van der Waals surface area contributed by atoms with Crippen LogP contribution < -0.4 is 5.32 Å². The van der Waals surface area contributed by atoms with Crippen molar-refractivity contribution in [3.63, 3.8) is 0 Å². The second-order valence-electron chi connectivity index (χ2n) is 3.75. The molecule has 0 bridgehead atoms. The van der Waals surface area contributed by atoms with Crippen LogP contribution in [0.25, 0.3) is 0 Å². The largest absolute Gasteiger partial charge is 0.318 e. The molecule has 5 heteroatoms. The van der Waals surface area contributed by atoms with Gasteiger partial charge in [-0.25, -0.2) is 4.98 Å². The van der Waals surface area contributed by atoms with Crippen molar-refractivity contribution in [1.29, 1.82) is 0 Å². The molecule has 2 heterocycles. The first-order valence-corrected chi connectivity index (χ1v) is 6.05. The van der Waals surface area contributed by atoms with Gasteiger partial charge in [0.2, 0.25) is 0 Å². The molecule has 1 N–H and O–H groups in total. The lowest BCUT2D eigenvalue weighted by atomic mass is 10.2. The van der Waals surface area contributed by atoms with Crippen LogP contribution in [0.2, 0.25) is 0 Å². The third-order valence-electron chi connectivity index (χ3n) is 2.76. The van der Waals surface area contributed by atoms with Crippen molar-refractivity contribution in [2.45, 2.75) is 25.4 Å². The molecule has 86 valence electrons. The second-order valence-corrected chi connectivity index (χ2v) is 4.73. The monoisotopic (exact) mass is 247 g/mol. The SMILES string of the molecule is CNCC1CCCN1Cc1nccs1.Cl. The Hall–Kier alpha value is -0.160. The quantitative estimate of drug-likeness (QED) is 0.879. The van der Waals surface area contributed by atoms with E-state index in [-0.39, 0.29) is 12.4 Å². The molecule has 1 aromatic rings. The van der Waals surface area contributed by atoms with E-state index in [2.05, 4.69) is 20.6 Å². The molecular formula is C10H18ClN3S. The van der Waals surface area contributed by atoms with Crippen molar-refractivity contribution in [2.24, 2.45) is 0 Å². The van der Waals surface area contributed by atoms with Crippen LogP contribution in [-0.2, 0) is 6.54 Å². The first-order chi connectivity index (χ1) is 6.90. The summed E-state index contributed by atoms with van der Waals surface area (Å²) < 4.78 is 0. The topological polar surface area (TPSA) is 28.2 Å². The molecule has 0 radical (unpaired) electrons. The van der Waals surface area contributed by atoms with Gasteiger partial charge in [0.05, 0.1) is 6.54 Å². The molecule has 1 aromatic heterocycles. The van der Waals surface area contributed by atoms with Gasteiger partial charge in [-0.05, 0) is 26.4 Å². The average Bonchev–Trinajstić information content (AvgIpc) is 2.80. The first kappa shape index (κ1) is 12.9. The van der Waals surface area contributed by atoms with E-state index in [9.17, 15) is 0 Å². The maximum Gasteiger partial charge on any atom is 0.107 e. The molecule has 1 unspecified atom stereocenters. The molecule has 0 amide bonds. The van der Waals surface area contributed by atoms with Gasteiger partial charge in [-0.1, -0.05) is 0 Å². The number of aromatic nitrogens is 1. The number of nitrogens with one attached hydrogen (secondary N) is 1. The Kier molecular flexibility index (Phi) is 5.53. The number of halogens is 1. The number of thiazole rings is 1. The van der Waals surface area contributed by atoms with E-state index < -0.39 is 0 Å². The maximum atomic E-state index is 4.33. The first-order valence-electron chi connectivity index (χ1n) is 5.17. The molecule has 0 spiro atoms. The van der Waals surface area contributed by atoms with Gasteiger partial charge >= 0.3 is 0 Å². The Balaban J connectivity index is 0.00000112. The van der Waals surface area contributed by atoms with Gasteiger partial charge in [0.1, 0.15) is 5.01 Å². The van der Waals surface area contributed by atoms with Crippen molar-refractivity contribution in [3.05, 3.63) is 16.6 Å². The van der Waals surface area contributed by atoms with Crippen molar-refractivity contribution in [2.75, 3.05) is 20.1 Å². The highest BCUT2D eigenvalue weighted by atomic mass is 35.5. The fraction of sp³-hybridized carbons (Fsp3) is 0.700. The van der Waals surface area contributed by atoms with Gasteiger partial charge in [-0.2, -0.15) is 0 Å². The molecule has 3 nitrogen and oxygen atoms in total. The molecule has 0 saturated carbocycles. The van der Waals surface area contributed by atoms with Gasteiger partial charge in [0, 0.05) is 24.2 Å². The van der Waals surface area contributed by atoms with Crippen molar-refractivity contribution < 1.29 is 0 Å². The minimum absolute atomic E-state index is 0. The van der Waals surface area contributed by atoms with Crippen LogP contribution in [0.1, 0.15) is 17.8 Å². The van der Waals surface area contributed by atoms with Crippen LogP contribution in [0.4, 0.5) is 0 Å². The Morgan fingerprint density at radius 1 is 1.67 bits per heavy atom. The zero-order valence-electron chi connectivity index (χ0n) is 8.98. The number of hydrogen-bond acceptors (Lipinski definition) is 4. The van der Waals surface area contributed by atoms with Gasteiger partial charge in [-0.15, -0.1) is 23.7 Å². The van der Waals surface area contributed by atoms with E-state index in [0.717, 1.165) is 13.1 Å². The van der Waals surface area contributed by atoms with E-state index in [1.54, 1.807) is 11.3 Å². The minimum atomic E-state index is 0. The van der Waals surface area contributed by atoms with Gasteiger partial charge in [0.15, 0.2) is 0 Å². The Morgan fingerprint density at radius 2 is 2.53 bits per heavy atom. The van der Waals surface area contributed by atoms with Crippen molar-refractivity contribution >= 4 is 23.7 Å².